The lowest BCUT2D eigenvalue weighted by Gasteiger charge is -2.37. The fraction of sp³-hybridized carbons (Fsp3) is 0.0789. The monoisotopic (exact) mass is 1030 g/mol. The van der Waals surface area contributed by atoms with E-state index in [2.05, 4.69) is 292 Å². The van der Waals surface area contributed by atoms with Crippen molar-refractivity contribution < 1.29 is 8.83 Å². The summed E-state index contributed by atoms with van der Waals surface area (Å²) in [5.74, 6) is 0. The van der Waals surface area contributed by atoms with E-state index in [1.807, 2.05) is 0 Å². The molecule has 4 nitrogen and oxygen atoms in total. The normalized spacial score (nSPS) is 13.7. The summed E-state index contributed by atoms with van der Waals surface area (Å²) in [5.41, 5.74) is 24.1. The van der Waals surface area contributed by atoms with Crippen LogP contribution in [0.25, 0.3) is 99.2 Å². The van der Waals surface area contributed by atoms with Gasteiger partial charge in [0, 0.05) is 66.0 Å². The van der Waals surface area contributed by atoms with Gasteiger partial charge in [0.05, 0.1) is 17.1 Å². The maximum Gasteiger partial charge on any atom is 0.159 e. The Morgan fingerprint density at radius 1 is 0.263 bits per heavy atom. The van der Waals surface area contributed by atoms with Crippen LogP contribution in [0.2, 0.25) is 0 Å². The van der Waals surface area contributed by atoms with Crippen molar-refractivity contribution in [3.8, 4) is 44.5 Å². The maximum atomic E-state index is 7.12. The summed E-state index contributed by atoms with van der Waals surface area (Å²) < 4.78 is 14.2. The number of nitrogens with zero attached hydrogens (tertiary/aromatic N) is 2. The molecule has 2 heterocycles. The Bertz CT molecular complexity index is 4820. The van der Waals surface area contributed by atoms with Gasteiger partial charge in [-0.25, -0.2) is 0 Å². The van der Waals surface area contributed by atoms with Crippen LogP contribution in [-0.4, -0.2) is 0 Å². The van der Waals surface area contributed by atoms with E-state index in [1.54, 1.807) is 0 Å². The molecule has 0 bridgehead atoms. The minimum Gasteiger partial charge on any atom is -0.453 e. The quantitative estimate of drug-likeness (QED) is 0.152. The molecule has 0 saturated carbocycles. The van der Waals surface area contributed by atoms with Crippen molar-refractivity contribution in [2.45, 2.75) is 38.5 Å². The summed E-state index contributed by atoms with van der Waals surface area (Å²) in [6.45, 7) is 9.65. The van der Waals surface area contributed by atoms with Crippen LogP contribution in [0.5, 0.6) is 0 Å². The van der Waals surface area contributed by atoms with Gasteiger partial charge in [-0.3, -0.25) is 0 Å². The predicted octanol–water partition coefficient (Wildman–Crippen LogP) is 21.5. The van der Waals surface area contributed by atoms with Crippen LogP contribution in [-0.2, 0) is 10.8 Å². The molecule has 2 aliphatic rings. The molecular weight excluding hydrogens is 973 g/mol. The number of hydrogen-bond acceptors (Lipinski definition) is 4. The van der Waals surface area contributed by atoms with Gasteiger partial charge in [0.1, 0.15) is 11.2 Å². The minimum absolute atomic E-state index is 0.316. The smallest absolute Gasteiger partial charge is 0.159 e. The summed E-state index contributed by atoms with van der Waals surface area (Å²) in [4.78, 5) is 4.79. The highest BCUT2D eigenvalue weighted by Crippen LogP contribution is 2.58. The van der Waals surface area contributed by atoms with Gasteiger partial charge >= 0.3 is 0 Å². The molecule has 16 rings (SSSR count). The summed E-state index contributed by atoms with van der Waals surface area (Å²) in [5, 5.41) is 6.88. The molecular formula is C76H54N2O2. The van der Waals surface area contributed by atoms with Crippen LogP contribution >= 0.6 is 0 Å². The number of hydrogen-bond donors (Lipinski definition) is 0. The van der Waals surface area contributed by atoms with Crippen molar-refractivity contribution in [2.75, 3.05) is 9.80 Å². The third-order valence-electron chi connectivity index (χ3n) is 17.6. The van der Waals surface area contributed by atoms with E-state index < -0.39 is 0 Å². The first kappa shape index (κ1) is 46.2. The Balaban J connectivity index is 0.841. The van der Waals surface area contributed by atoms with Crippen LogP contribution in [0.3, 0.4) is 0 Å². The van der Waals surface area contributed by atoms with E-state index in [0.717, 1.165) is 100 Å². The second kappa shape index (κ2) is 17.3. The molecule has 0 spiro atoms. The Kier molecular flexibility index (Phi) is 9.99. The molecule has 0 atom stereocenters. The highest BCUT2D eigenvalue weighted by molar-refractivity contribution is 6.17. The Morgan fingerprint density at radius 3 is 1.25 bits per heavy atom. The van der Waals surface area contributed by atoms with Crippen molar-refractivity contribution in [3.63, 3.8) is 0 Å². The number of para-hydroxylation sites is 6. The number of furan rings is 2. The molecule has 0 radical (unpaired) electrons. The predicted molar refractivity (Wildman–Crippen MR) is 334 cm³/mol. The molecule has 12 aromatic carbocycles. The standard InChI is InChI=1S/C76H54N2O2/c1-75(2)63-37-19-36-60-67(78(50-28-15-8-16-29-50)69-39-21-35-59-57-33-18-31-53(72(57)80-74(59)69)48-24-11-6-12-25-48)43-42-55(70(60)63)62-46-65-61(45-66(62)75)54-41-40-51(44-64(54)76(65,3)4)77(49-26-13-7-14-27-49)68-38-20-34-58-56-32-17-30-52(71(56)79-73(58)68)47-22-9-5-10-23-47/h5-46H,1-4H3. The SMILES string of the molecule is CC1(C)c2cc(N(c3ccccc3)c3cccc4c3oc3c(-c5ccccc5)cccc34)ccc2-c2cc3c(cc21)-c1ccc(N(c2ccccc2)c2cccc4c2oc2c(-c5ccccc5)cccc24)c2cccc(c12)C3(C)C. The van der Waals surface area contributed by atoms with Gasteiger partial charge in [-0.15, -0.1) is 0 Å². The van der Waals surface area contributed by atoms with Crippen LogP contribution in [0.1, 0.15) is 49.9 Å². The Hall–Kier alpha value is -9.90. The third kappa shape index (κ3) is 6.69. The summed E-state index contributed by atoms with van der Waals surface area (Å²) in [7, 11) is 0. The lowest BCUT2D eigenvalue weighted by molar-refractivity contribution is 0.639. The minimum atomic E-state index is -0.317. The van der Waals surface area contributed by atoms with Gasteiger partial charge in [0.2, 0.25) is 0 Å². The average molecular weight is 1030 g/mol. The van der Waals surface area contributed by atoms with Gasteiger partial charge in [0.15, 0.2) is 11.2 Å². The van der Waals surface area contributed by atoms with Crippen molar-refractivity contribution >= 4 is 88.8 Å². The summed E-state index contributed by atoms with van der Waals surface area (Å²) in [6.07, 6.45) is 0. The number of anilines is 6. The maximum absolute atomic E-state index is 7.12. The van der Waals surface area contributed by atoms with E-state index in [9.17, 15) is 0 Å². The average Bonchev–Trinajstić information content (AvgIpc) is 4.16. The van der Waals surface area contributed by atoms with E-state index in [0.29, 0.717) is 0 Å². The molecule has 0 fully saturated rings. The topological polar surface area (TPSA) is 32.8 Å². The highest BCUT2D eigenvalue weighted by atomic mass is 16.3. The van der Waals surface area contributed by atoms with Crippen LogP contribution in [0.4, 0.5) is 34.1 Å². The lowest BCUT2D eigenvalue weighted by Crippen LogP contribution is -2.25. The van der Waals surface area contributed by atoms with Crippen molar-refractivity contribution in [2.24, 2.45) is 0 Å². The van der Waals surface area contributed by atoms with Gasteiger partial charge in [-0.1, -0.05) is 216 Å². The summed E-state index contributed by atoms with van der Waals surface area (Å²) in [6, 6.07) is 92.6. The molecule has 2 aliphatic carbocycles. The number of fused-ring (bicyclic) bond motifs is 11. The molecule has 4 heteroatoms. The molecule has 0 amide bonds. The van der Waals surface area contributed by atoms with Crippen molar-refractivity contribution in [3.05, 3.63) is 277 Å². The fourth-order valence-electron chi connectivity index (χ4n) is 13.8. The molecule has 80 heavy (non-hydrogen) atoms. The molecule has 2 aromatic heterocycles. The molecule has 0 saturated heterocycles. The zero-order chi connectivity index (χ0) is 53.4. The van der Waals surface area contributed by atoms with Gasteiger partial charge < -0.3 is 18.6 Å². The molecule has 14 aromatic rings. The van der Waals surface area contributed by atoms with E-state index in [1.165, 1.54) is 55.3 Å². The third-order valence-corrected chi connectivity index (χ3v) is 17.6. The second-order valence-corrected chi connectivity index (χ2v) is 22.7. The van der Waals surface area contributed by atoms with E-state index >= 15 is 0 Å². The first-order chi connectivity index (χ1) is 39.2. The molecule has 0 N–H and O–H groups in total. The van der Waals surface area contributed by atoms with Crippen molar-refractivity contribution in [1.29, 1.82) is 0 Å². The molecule has 380 valence electrons. The summed E-state index contributed by atoms with van der Waals surface area (Å²) >= 11 is 0. The Labute approximate surface area is 465 Å². The first-order valence-corrected chi connectivity index (χ1v) is 27.8. The Morgan fingerprint density at radius 2 is 0.688 bits per heavy atom. The molecule has 0 unspecified atom stereocenters. The zero-order valence-electron chi connectivity index (χ0n) is 45.0. The first-order valence-electron chi connectivity index (χ1n) is 27.8. The van der Waals surface area contributed by atoms with Crippen LogP contribution in [0, 0.1) is 0 Å². The zero-order valence-corrected chi connectivity index (χ0v) is 45.0. The fourth-order valence-corrected chi connectivity index (χ4v) is 13.8. The van der Waals surface area contributed by atoms with Gasteiger partial charge in [0.25, 0.3) is 0 Å². The number of benzene rings is 12. The lowest BCUT2D eigenvalue weighted by atomic mass is 9.67. The van der Waals surface area contributed by atoms with Gasteiger partial charge in [-0.05, 0) is 128 Å². The van der Waals surface area contributed by atoms with E-state index in [4.69, 9.17) is 8.83 Å². The van der Waals surface area contributed by atoms with Crippen LogP contribution in [0.15, 0.2) is 264 Å². The second-order valence-electron chi connectivity index (χ2n) is 22.7. The molecule has 0 aliphatic heterocycles. The van der Waals surface area contributed by atoms with E-state index in [-0.39, 0.29) is 10.8 Å². The number of rotatable bonds is 8. The van der Waals surface area contributed by atoms with Crippen LogP contribution < -0.4 is 9.80 Å². The van der Waals surface area contributed by atoms with Gasteiger partial charge in [-0.2, -0.15) is 0 Å². The largest absolute Gasteiger partial charge is 0.453 e. The highest BCUT2D eigenvalue weighted by Gasteiger charge is 2.41. The van der Waals surface area contributed by atoms with Crippen molar-refractivity contribution in [1.82, 2.24) is 0 Å².